The van der Waals surface area contributed by atoms with E-state index in [0.29, 0.717) is 12.3 Å². The van der Waals surface area contributed by atoms with E-state index in [2.05, 4.69) is 23.3 Å². The molecule has 0 aromatic heterocycles. The lowest BCUT2D eigenvalue weighted by molar-refractivity contribution is -0.269. The lowest BCUT2D eigenvalue weighted by Crippen LogP contribution is -2.56. The third-order valence-electron chi connectivity index (χ3n) is 2.66. The fourth-order valence-electron chi connectivity index (χ4n) is 1.40. The number of methoxy groups -OCH3 is 2. The van der Waals surface area contributed by atoms with Crippen LogP contribution in [0.3, 0.4) is 0 Å². The Labute approximate surface area is 123 Å². The van der Waals surface area contributed by atoms with Gasteiger partial charge in [0.1, 0.15) is 6.61 Å². The molecule has 0 rings (SSSR count). The molecular formula is C11H22N2O6S. The van der Waals surface area contributed by atoms with Crippen LogP contribution in [0, 0.1) is 0 Å². The number of rotatable bonds is 10. The van der Waals surface area contributed by atoms with Gasteiger partial charge in [0, 0.05) is 39.5 Å². The van der Waals surface area contributed by atoms with Gasteiger partial charge in [-0.05, 0) is 0 Å². The van der Waals surface area contributed by atoms with Crippen LogP contribution in [0.15, 0.2) is 0 Å². The van der Waals surface area contributed by atoms with Crippen molar-refractivity contribution in [2.45, 2.75) is 18.3 Å². The van der Waals surface area contributed by atoms with Gasteiger partial charge in [-0.2, -0.15) is 12.6 Å². The summed E-state index contributed by atoms with van der Waals surface area (Å²) in [5.41, 5.74) is 0. The van der Waals surface area contributed by atoms with Crippen molar-refractivity contribution in [3.05, 3.63) is 0 Å². The topological polar surface area (TPSA) is 117 Å². The van der Waals surface area contributed by atoms with E-state index in [0.717, 1.165) is 0 Å². The Morgan fingerprint density at radius 1 is 1.25 bits per heavy atom. The maximum Gasteiger partial charge on any atom is 0.254 e. The number of hydrogen-bond donors (Lipinski definition) is 5. The quantitative estimate of drug-likeness (QED) is 0.233. The molecule has 1 unspecified atom stereocenters. The zero-order valence-corrected chi connectivity index (χ0v) is 12.5. The van der Waals surface area contributed by atoms with Crippen LogP contribution in [0.25, 0.3) is 0 Å². The van der Waals surface area contributed by atoms with Crippen LogP contribution in [0.1, 0.15) is 6.42 Å². The first-order chi connectivity index (χ1) is 9.47. The second kappa shape index (κ2) is 9.94. The first-order valence-corrected chi connectivity index (χ1v) is 6.65. The van der Waals surface area contributed by atoms with Gasteiger partial charge in [-0.25, -0.2) is 0 Å². The Balaban J connectivity index is 4.23. The number of nitrogens with one attached hydrogen (secondary N) is 2. The molecular weight excluding hydrogens is 288 g/mol. The van der Waals surface area contributed by atoms with E-state index >= 15 is 0 Å². The maximum absolute atomic E-state index is 11.7. The first-order valence-electron chi connectivity index (χ1n) is 6.02. The number of ether oxygens (including phenoxy) is 2. The Hall–Kier alpha value is -0.870. The van der Waals surface area contributed by atoms with Gasteiger partial charge in [-0.1, -0.05) is 0 Å². The Bertz CT molecular complexity index is 303. The summed E-state index contributed by atoms with van der Waals surface area (Å²) in [5, 5.41) is 23.9. The summed E-state index contributed by atoms with van der Waals surface area (Å²) < 4.78 is 9.66. The van der Waals surface area contributed by atoms with Crippen molar-refractivity contribution in [2.75, 3.05) is 39.7 Å². The van der Waals surface area contributed by atoms with Gasteiger partial charge in [-0.3, -0.25) is 9.59 Å². The molecule has 1 atom stereocenters. The molecule has 0 aliphatic heterocycles. The van der Waals surface area contributed by atoms with E-state index in [4.69, 9.17) is 14.6 Å². The smallest absolute Gasteiger partial charge is 0.254 e. The van der Waals surface area contributed by atoms with Crippen LogP contribution < -0.4 is 10.6 Å². The van der Waals surface area contributed by atoms with Crippen LogP contribution in [-0.4, -0.2) is 73.6 Å². The van der Waals surface area contributed by atoms with E-state index in [1.165, 1.54) is 14.2 Å². The molecule has 0 saturated carbocycles. The molecule has 0 aromatic carbocycles. The minimum absolute atomic E-state index is 0.0449. The number of amides is 2. The molecule has 0 spiro atoms. The third kappa shape index (κ3) is 5.63. The average Bonchev–Trinajstić information content (AvgIpc) is 2.47. The summed E-state index contributed by atoms with van der Waals surface area (Å²) in [6.45, 7) is -0.209. The van der Waals surface area contributed by atoms with Crippen molar-refractivity contribution >= 4 is 24.4 Å². The first kappa shape index (κ1) is 19.1. The molecule has 0 radical (unpaired) electrons. The second-order valence-corrected chi connectivity index (χ2v) is 4.34. The number of thiol groups is 1. The largest absolute Gasteiger partial charge is 0.391 e. The number of carbonyl (C=O) groups excluding carboxylic acids is 2. The van der Waals surface area contributed by atoms with Gasteiger partial charge in [0.25, 0.3) is 5.91 Å². The summed E-state index contributed by atoms with van der Waals surface area (Å²) >= 11 is 3.94. The summed E-state index contributed by atoms with van der Waals surface area (Å²) in [6, 6.07) is 0. The van der Waals surface area contributed by atoms with Gasteiger partial charge in [0.15, 0.2) is 6.10 Å². The van der Waals surface area contributed by atoms with E-state index in [1.807, 2.05) is 0 Å². The van der Waals surface area contributed by atoms with Crippen LogP contribution >= 0.6 is 12.6 Å². The van der Waals surface area contributed by atoms with Crippen LogP contribution in [-0.2, 0) is 19.1 Å². The van der Waals surface area contributed by atoms with Crippen molar-refractivity contribution in [3.8, 4) is 0 Å². The normalized spacial score (nSPS) is 12.8. The zero-order valence-electron chi connectivity index (χ0n) is 11.6. The molecule has 0 aromatic rings. The fourth-order valence-corrected chi connectivity index (χ4v) is 1.51. The Morgan fingerprint density at radius 2 is 1.85 bits per heavy atom. The molecule has 2 amide bonds. The molecule has 0 saturated heterocycles. The molecule has 8 nitrogen and oxygen atoms in total. The zero-order chi connectivity index (χ0) is 15.6. The number of aliphatic hydroxyl groups excluding tert-OH is 2. The summed E-state index contributed by atoms with van der Waals surface area (Å²) in [4.78, 5) is 23.0. The van der Waals surface area contributed by atoms with E-state index in [-0.39, 0.29) is 18.9 Å². The molecule has 0 heterocycles. The molecule has 0 bridgehead atoms. The lowest BCUT2D eigenvalue weighted by atomic mass is 10.1. The van der Waals surface area contributed by atoms with E-state index < -0.39 is 24.4 Å². The molecule has 4 N–H and O–H groups in total. The molecule has 0 aliphatic rings. The molecule has 9 heteroatoms. The predicted molar refractivity (Wildman–Crippen MR) is 74.3 cm³/mol. The standard InChI is InChI=1S/C11H22N2O6S/c1-18-11(7-14,19-2)9(16)10(17)13-4-3-8(15)12-5-6-20/h9,14,16,20H,3-7H2,1-2H3,(H,12,15)(H,13,17). The molecule has 118 valence electrons. The Morgan fingerprint density at radius 3 is 2.30 bits per heavy atom. The van der Waals surface area contributed by atoms with Crippen molar-refractivity contribution in [3.63, 3.8) is 0 Å². The second-order valence-electron chi connectivity index (χ2n) is 3.90. The van der Waals surface area contributed by atoms with Gasteiger partial charge < -0.3 is 30.3 Å². The third-order valence-corrected chi connectivity index (χ3v) is 2.89. The molecule has 0 fully saturated rings. The lowest BCUT2D eigenvalue weighted by Gasteiger charge is -2.32. The highest BCUT2D eigenvalue weighted by Crippen LogP contribution is 2.16. The number of hydrogen-bond acceptors (Lipinski definition) is 7. The summed E-state index contributed by atoms with van der Waals surface area (Å²) in [5.74, 6) is -2.33. The highest BCUT2D eigenvalue weighted by atomic mass is 32.1. The van der Waals surface area contributed by atoms with E-state index in [9.17, 15) is 14.7 Å². The van der Waals surface area contributed by atoms with Crippen LogP contribution in [0.5, 0.6) is 0 Å². The van der Waals surface area contributed by atoms with Gasteiger partial charge in [0.2, 0.25) is 11.7 Å². The highest BCUT2D eigenvalue weighted by molar-refractivity contribution is 7.80. The monoisotopic (exact) mass is 310 g/mol. The Kier molecular flexibility index (Phi) is 9.51. The van der Waals surface area contributed by atoms with Crippen molar-refractivity contribution in [1.29, 1.82) is 0 Å². The SMILES string of the molecule is COC(CO)(OC)C(O)C(=O)NCCC(=O)NCCS. The van der Waals surface area contributed by atoms with Crippen molar-refractivity contribution in [2.24, 2.45) is 0 Å². The molecule has 0 aliphatic carbocycles. The number of aliphatic hydroxyl groups is 2. The summed E-state index contributed by atoms with van der Waals surface area (Å²) in [6.07, 6.45) is -1.65. The van der Waals surface area contributed by atoms with Crippen LogP contribution in [0.2, 0.25) is 0 Å². The van der Waals surface area contributed by atoms with Crippen LogP contribution in [0.4, 0.5) is 0 Å². The van der Waals surface area contributed by atoms with Gasteiger partial charge in [0.05, 0.1) is 0 Å². The predicted octanol–water partition coefficient (Wildman–Crippen LogP) is -2.12. The molecule has 20 heavy (non-hydrogen) atoms. The minimum Gasteiger partial charge on any atom is -0.391 e. The average molecular weight is 310 g/mol. The minimum atomic E-state index is -1.82. The summed E-state index contributed by atoms with van der Waals surface area (Å²) in [7, 11) is 2.39. The van der Waals surface area contributed by atoms with Crippen molar-refractivity contribution in [1.82, 2.24) is 10.6 Å². The van der Waals surface area contributed by atoms with Gasteiger partial charge in [-0.15, -0.1) is 0 Å². The fraction of sp³-hybridized carbons (Fsp3) is 0.818. The van der Waals surface area contributed by atoms with Crippen molar-refractivity contribution < 1.29 is 29.3 Å². The van der Waals surface area contributed by atoms with Gasteiger partial charge >= 0.3 is 0 Å². The maximum atomic E-state index is 11.7. The highest BCUT2D eigenvalue weighted by Gasteiger charge is 2.42. The number of carbonyl (C=O) groups is 2. The van der Waals surface area contributed by atoms with E-state index in [1.54, 1.807) is 0 Å².